The summed E-state index contributed by atoms with van der Waals surface area (Å²) in [5, 5.41) is 0. The van der Waals surface area contributed by atoms with E-state index in [1.54, 1.807) is 24.8 Å². The van der Waals surface area contributed by atoms with Gasteiger partial charge < -0.3 is 0 Å². The lowest BCUT2D eigenvalue weighted by Gasteiger charge is -2.52. The molecule has 16 heavy (non-hydrogen) atoms. The van der Waals surface area contributed by atoms with Crippen LogP contribution in [0.5, 0.6) is 0 Å². The second-order valence-electron chi connectivity index (χ2n) is 7.69. The highest BCUT2D eigenvalue weighted by Gasteiger charge is 2.80. The average molecular weight is 206 g/mol. The minimum atomic E-state index is 0.700. The average Bonchev–Trinajstić information content (AvgIpc) is 2.70. The molecule has 0 saturated heterocycles. The highest BCUT2D eigenvalue weighted by atomic mass is 14.8. The fourth-order valence-electron chi connectivity index (χ4n) is 7.52. The van der Waals surface area contributed by atoms with Gasteiger partial charge in [-0.25, -0.2) is 0 Å². The molecule has 1 aromatic carbocycles. The van der Waals surface area contributed by atoms with Crippen molar-refractivity contribution in [2.24, 2.45) is 17.3 Å². The Hall–Kier alpha value is -0.780. The minimum Gasteiger partial charge on any atom is -0.0549 e. The maximum absolute atomic E-state index is 2.65. The standard InChI is InChI=1S/C16H14/c1-7-3-15-5-12-10-4-16(12,6-15)14-9(1)8(13(10)14)2-11(7)15/h1-2,10,12-14H,3-6H2. The van der Waals surface area contributed by atoms with Crippen LogP contribution >= 0.6 is 0 Å². The highest BCUT2D eigenvalue weighted by Crippen LogP contribution is 2.89. The number of hydrogen-bond donors (Lipinski definition) is 0. The van der Waals surface area contributed by atoms with Crippen LogP contribution in [0, 0.1) is 17.3 Å². The zero-order valence-electron chi connectivity index (χ0n) is 9.29. The molecule has 0 aliphatic heterocycles. The van der Waals surface area contributed by atoms with Crippen molar-refractivity contribution in [3.63, 3.8) is 0 Å². The van der Waals surface area contributed by atoms with Crippen molar-refractivity contribution in [3.8, 4) is 0 Å². The molecular formula is C16H14. The molecule has 0 amide bonds. The molecule has 1 spiro atoms. The van der Waals surface area contributed by atoms with E-state index in [0.29, 0.717) is 5.41 Å². The molecule has 1 aromatic rings. The monoisotopic (exact) mass is 206 g/mol. The molecule has 0 N–H and O–H groups in total. The predicted octanol–water partition coefficient (Wildman–Crippen LogP) is 3.10. The van der Waals surface area contributed by atoms with Gasteiger partial charge in [0.25, 0.3) is 0 Å². The van der Waals surface area contributed by atoms with Gasteiger partial charge in [0.15, 0.2) is 0 Å². The van der Waals surface area contributed by atoms with Crippen molar-refractivity contribution in [2.75, 3.05) is 0 Å². The quantitative estimate of drug-likeness (QED) is 0.612. The maximum Gasteiger partial charge on any atom is 0.000483 e. The van der Waals surface area contributed by atoms with E-state index in [2.05, 4.69) is 12.1 Å². The van der Waals surface area contributed by atoms with Crippen molar-refractivity contribution in [1.29, 1.82) is 0 Å². The molecule has 0 aromatic heterocycles. The SMILES string of the molecule is c1c2c3cc4c1C1C4C4CC15CC3(C2)CC45. The largest absolute Gasteiger partial charge is 0.0549 e. The van der Waals surface area contributed by atoms with Crippen LogP contribution in [0.15, 0.2) is 12.1 Å². The normalized spacial score (nSPS) is 62.5. The zero-order chi connectivity index (χ0) is 9.86. The van der Waals surface area contributed by atoms with Crippen molar-refractivity contribution in [1.82, 2.24) is 0 Å². The molecule has 3 saturated carbocycles. The van der Waals surface area contributed by atoms with Crippen molar-refractivity contribution in [3.05, 3.63) is 34.4 Å². The van der Waals surface area contributed by atoms with E-state index in [1.165, 1.54) is 6.42 Å². The Morgan fingerprint density at radius 1 is 1.12 bits per heavy atom. The summed E-state index contributed by atoms with van der Waals surface area (Å²) in [7, 11) is 0. The van der Waals surface area contributed by atoms with Gasteiger partial charge in [0.05, 0.1) is 0 Å². The molecule has 3 fully saturated rings. The summed E-state index contributed by atoms with van der Waals surface area (Å²) >= 11 is 0. The third kappa shape index (κ3) is 0.358. The molecular weight excluding hydrogens is 192 g/mol. The second kappa shape index (κ2) is 1.46. The Morgan fingerprint density at radius 3 is 3.12 bits per heavy atom. The maximum atomic E-state index is 2.65. The van der Waals surface area contributed by atoms with Crippen LogP contribution in [0.4, 0.5) is 0 Å². The summed E-state index contributed by atoms with van der Waals surface area (Å²) in [6.07, 6.45) is 6.21. The Morgan fingerprint density at radius 2 is 2.12 bits per heavy atom. The Kier molecular flexibility index (Phi) is 0.625. The Balaban J connectivity index is 1.79. The third-order valence-electron chi connectivity index (χ3n) is 7.69. The molecule has 2 bridgehead atoms. The lowest BCUT2D eigenvalue weighted by molar-refractivity contribution is 0.0567. The molecule has 5 aliphatic rings. The van der Waals surface area contributed by atoms with Gasteiger partial charge in [-0.1, -0.05) is 12.1 Å². The number of fused-ring (bicyclic) bond motifs is 7. The summed E-state index contributed by atoms with van der Waals surface area (Å²) in [4.78, 5) is 0. The van der Waals surface area contributed by atoms with Gasteiger partial charge in [-0.05, 0) is 77.0 Å². The molecule has 0 radical (unpaired) electrons. The molecule has 6 unspecified atom stereocenters. The summed E-state index contributed by atoms with van der Waals surface area (Å²) in [6, 6.07) is 5.27. The molecule has 78 valence electrons. The molecule has 6 atom stereocenters. The van der Waals surface area contributed by atoms with Gasteiger partial charge >= 0.3 is 0 Å². The fourth-order valence-corrected chi connectivity index (χ4v) is 7.52. The van der Waals surface area contributed by atoms with Crippen LogP contribution in [0.3, 0.4) is 0 Å². The number of hydrogen-bond acceptors (Lipinski definition) is 0. The van der Waals surface area contributed by atoms with E-state index in [-0.39, 0.29) is 0 Å². The van der Waals surface area contributed by atoms with E-state index in [0.717, 1.165) is 29.1 Å². The second-order valence-corrected chi connectivity index (χ2v) is 7.69. The van der Waals surface area contributed by atoms with Crippen LogP contribution < -0.4 is 0 Å². The van der Waals surface area contributed by atoms with Gasteiger partial charge in [0.1, 0.15) is 0 Å². The van der Waals surface area contributed by atoms with Crippen molar-refractivity contribution in [2.45, 2.75) is 42.9 Å². The molecule has 0 heterocycles. The summed E-state index contributed by atoms with van der Waals surface area (Å²) in [6.45, 7) is 0. The first-order valence-corrected chi connectivity index (χ1v) is 7.00. The van der Waals surface area contributed by atoms with E-state index in [9.17, 15) is 0 Å². The van der Waals surface area contributed by atoms with Gasteiger partial charge in [-0.3, -0.25) is 0 Å². The first-order chi connectivity index (χ1) is 7.82. The first kappa shape index (κ1) is 6.83. The van der Waals surface area contributed by atoms with Crippen molar-refractivity contribution < 1.29 is 0 Å². The first-order valence-electron chi connectivity index (χ1n) is 7.00. The van der Waals surface area contributed by atoms with Gasteiger partial charge in [-0.15, -0.1) is 0 Å². The minimum absolute atomic E-state index is 0.700. The Bertz CT molecular complexity index is 627. The topological polar surface area (TPSA) is 0 Å². The fraction of sp³-hybridized carbons (Fsp3) is 0.625. The van der Waals surface area contributed by atoms with E-state index in [4.69, 9.17) is 0 Å². The van der Waals surface area contributed by atoms with E-state index in [1.807, 2.05) is 16.7 Å². The predicted molar refractivity (Wildman–Crippen MR) is 60.6 cm³/mol. The van der Waals surface area contributed by atoms with Crippen molar-refractivity contribution >= 4 is 0 Å². The highest BCUT2D eigenvalue weighted by molar-refractivity contribution is 5.65. The number of rotatable bonds is 0. The lowest BCUT2D eigenvalue weighted by Crippen LogP contribution is -2.43. The van der Waals surface area contributed by atoms with Crippen LogP contribution in [0.2, 0.25) is 0 Å². The van der Waals surface area contributed by atoms with E-state index >= 15 is 0 Å². The van der Waals surface area contributed by atoms with Crippen LogP contribution in [0.25, 0.3) is 0 Å². The lowest BCUT2D eigenvalue weighted by atomic mass is 9.52. The molecule has 0 nitrogen and oxygen atoms in total. The van der Waals surface area contributed by atoms with E-state index < -0.39 is 0 Å². The van der Waals surface area contributed by atoms with Crippen LogP contribution in [0.1, 0.15) is 53.4 Å². The number of benzene rings is 1. The zero-order valence-corrected chi connectivity index (χ0v) is 9.29. The van der Waals surface area contributed by atoms with Crippen LogP contribution in [-0.2, 0) is 11.8 Å². The summed E-state index contributed by atoms with van der Waals surface area (Å²) in [5.74, 6) is 4.33. The smallest absolute Gasteiger partial charge is 0.000483 e. The van der Waals surface area contributed by atoms with Gasteiger partial charge in [0, 0.05) is 5.41 Å². The summed E-state index contributed by atoms with van der Waals surface area (Å²) in [5.41, 5.74) is 8.69. The molecule has 6 rings (SSSR count). The summed E-state index contributed by atoms with van der Waals surface area (Å²) < 4.78 is 0. The Labute approximate surface area is 95.0 Å². The van der Waals surface area contributed by atoms with Crippen LogP contribution in [-0.4, -0.2) is 0 Å². The molecule has 0 heteroatoms. The third-order valence-corrected chi connectivity index (χ3v) is 7.69. The van der Waals surface area contributed by atoms with Gasteiger partial charge in [0.2, 0.25) is 0 Å². The molecule has 5 aliphatic carbocycles. The van der Waals surface area contributed by atoms with Gasteiger partial charge in [-0.2, -0.15) is 0 Å².